The first kappa shape index (κ1) is 21.1. The van der Waals surface area contributed by atoms with Gasteiger partial charge in [-0.3, -0.25) is 4.79 Å². The molecular weight excluding hydrogens is 364 g/mol. The Morgan fingerprint density at radius 2 is 1.89 bits per heavy atom. The number of carbonyl (C=O) groups is 1. The maximum atomic E-state index is 10.9. The normalized spacial score (nSPS) is 11.3. The lowest BCUT2D eigenvalue weighted by Gasteiger charge is -2.26. The van der Waals surface area contributed by atoms with Crippen molar-refractivity contribution in [2.24, 2.45) is 5.73 Å². The quantitative estimate of drug-likeness (QED) is 0.686. The van der Waals surface area contributed by atoms with E-state index in [1.165, 1.54) is 18.2 Å². The predicted molar refractivity (Wildman–Crippen MR) is 109 cm³/mol. The van der Waals surface area contributed by atoms with E-state index in [4.69, 9.17) is 26.8 Å². The number of hydrogen-bond acceptors (Lipinski definition) is 4. The van der Waals surface area contributed by atoms with Crippen LogP contribution in [0, 0.1) is 6.92 Å². The van der Waals surface area contributed by atoms with E-state index >= 15 is 0 Å². The van der Waals surface area contributed by atoms with Crippen LogP contribution in [0.5, 0.6) is 11.5 Å². The number of aryl methyl sites for hydroxylation is 1. The van der Waals surface area contributed by atoms with Crippen LogP contribution in [-0.2, 0) is 16.8 Å². The Morgan fingerprint density at radius 3 is 2.48 bits per heavy atom. The van der Waals surface area contributed by atoms with Gasteiger partial charge in [0.15, 0.2) is 18.1 Å². The summed E-state index contributed by atoms with van der Waals surface area (Å²) in [6.07, 6.45) is 0. The fraction of sp³-hybridized carbons (Fsp3) is 0.381. The minimum atomic E-state index is -0.572. The molecule has 0 bridgehead atoms. The van der Waals surface area contributed by atoms with Crippen LogP contribution in [0.2, 0.25) is 5.02 Å². The summed E-state index contributed by atoms with van der Waals surface area (Å²) in [5.41, 5.74) is 8.61. The lowest BCUT2D eigenvalue weighted by Crippen LogP contribution is -2.32. The lowest BCUT2D eigenvalue weighted by molar-refractivity contribution is -0.119. The third kappa shape index (κ3) is 5.88. The van der Waals surface area contributed by atoms with Crippen molar-refractivity contribution in [3.63, 3.8) is 0 Å². The molecule has 2 rings (SSSR count). The van der Waals surface area contributed by atoms with Gasteiger partial charge in [-0.2, -0.15) is 0 Å². The average Bonchev–Trinajstić information content (AvgIpc) is 2.60. The molecule has 27 heavy (non-hydrogen) atoms. The van der Waals surface area contributed by atoms with Crippen LogP contribution >= 0.6 is 11.6 Å². The SMILES string of the molecule is COc1cc(CNCC(C)(C)c2ccc(C)cc2)cc(Cl)c1OCC(N)=O. The monoisotopic (exact) mass is 390 g/mol. The fourth-order valence-corrected chi connectivity index (χ4v) is 3.07. The van der Waals surface area contributed by atoms with E-state index in [1.54, 1.807) is 6.07 Å². The van der Waals surface area contributed by atoms with Crippen molar-refractivity contribution in [3.8, 4) is 11.5 Å². The molecule has 0 saturated heterocycles. The summed E-state index contributed by atoms with van der Waals surface area (Å²) in [5.74, 6) is 0.220. The molecule has 1 amide bonds. The van der Waals surface area contributed by atoms with E-state index in [-0.39, 0.29) is 12.0 Å². The Kier molecular flexibility index (Phi) is 7.11. The summed E-state index contributed by atoms with van der Waals surface area (Å²) in [4.78, 5) is 10.9. The number of methoxy groups -OCH3 is 1. The van der Waals surface area contributed by atoms with Crippen molar-refractivity contribution in [1.82, 2.24) is 5.32 Å². The maximum Gasteiger partial charge on any atom is 0.255 e. The van der Waals surface area contributed by atoms with Gasteiger partial charge in [-0.25, -0.2) is 0 Å². The second-order valence-corrected chi connectivity index (χ2v) is 7.62. The number of halogens is 1. The molecule has 0 unspecified atom stereocenters. The van der Waals surface area contributed by atoms with E-state index < -0.39 is 5.91 Å². The zero-order valence-electron chi connectivity index (χ0n) is 16.3. The number of carbonyl (C=O) groups excluding carboxylic acids is 1. The van der Waals surface area contributed by atoms with Gasteiger partial charge in [-0.1, -0.05) is 55.3 Å². The van der Waals surface area contributed by atoms with Crippen molar-refractivity contribution >= 4 is 17.5 Å². The fourth-order valence-electron chi connectivity index (χ4n) is 2.78. The van der Waals surface area contributed by atoms with Gasteiger partial charge < -0.3 is 20.5 Å². The highest BCUT2D eigenvalue weighted by Gasteiger charge is 2.20. The van der Waals surface area contributed by atoms with Gasteiger partial charge in [0.25, 0.3) is 5.91 Å². The molecule has 0 saturated carbocycles. The molecule has 0 atom stereocenters. The van der Waals surface area contributed by atoms with E-state index in [0.717, 1.165) is 12.1 Å². The number of nitrogens with two attached hydrogens (primary N) is 1. The Labute approximate surface area is 165 Å². The second-order valence-electron chi connectivity index (χ2n) is 7.22. The van der Waals surface area contributed by atoms with E-state index in [0.29, 0.717) is 23.1 Å². The zero-order chi connectivity index (χ0) is 20.0. The largest absolute Gasteiger partial charge is 0.493 e. The summed E-state index contributed by atoms with van der Waals surface area (Å²) in [5, 5.41) is 3.85. The molecule has 0 radical (unpaired) electrons. The topological polar surface area (TPSA) is 73.6 Å². The van der Waals surface area contributed by atoms with Gasteiger partial charge in [0.2, 0.25) is 0 Å². The third-order valence-electron chi connectivity index (χ3n) is 4.38. The van der Waals surface area contributed by atoms with Crippen molar-refractivity contribution in [2.75, 3.05) is 20.3 Å². The molecular formula is C21H27ClN2O3. The van der Waals surface area contributed by atoms with Crippen molar-refractivity contribution < 1.29 is 14.3 Å². The summed E-state index contributed by atoms with van der Waals surface area (Å²) in [6, 6.07) is 12.2. The molecule has 0 fully saturated rings. The minimum absolute atomic E-state index is 0.00782. The molecule has 2 aromatic rings. The van der Waals surface area contributed by atoms with Crippen molar-refractivity contribution in [3.05, 3.63) is 58.1 Å². The van der Waals surface area contributed by atoms with Crippen molar-refractivity contribution in [2.45, 2.75) is 32.7 Å². The smallest absolute Gasteiger partial charge is 0.255 e. The van der Waals surface area contributed by atoms with Gasteiger partial charge >= 0.3 is 0 Å². The number of primary amides is 1. The Hall–Kier alpha value is -2.24. The summed E-state index contributed by atoms with van der Waals surface area (Å²) < 4.78 is 10.7. The molecule has 0 aromatic heterocycles. The van der Waals surface area contributed by atoms with Gasteiger partial charge in [0.05, 0.1) is 12.1 Å². The van der Waals surface area contributed by atoms with E-state index in [2.05, 4.69) is 50.4 Å². The van der Waals surface area contributed by atoms with Crippen LogP contribution in [0.3, 0.4) is 0 Å². The van der Waals surface area contributed by atoms with Crippen molar-refractivity contribution in [1.29, 1.82) is 0 Å². The molecule has 0 aliphatic carbocycles. The molecule has 6 heteroatoms. The molecule has 3 N–H and O–H groups in total. The Morgan fingerprint density at radius 1 is 1.22 bits per heavy atom. The molecule has 2 aromatic carbocycles. The van der Waals surface area contributed by atoms with Crippen LogP contribution in [-0.4, -0.2) is 26.2 Å². The molecule has 0 aliphatic heterocycles. The standard InChI is InChI=1S/C21H27ClN2O3/c1-14-5-7-16(8-6-14)21(2,3)13-24-11-15-9-17(22)20(18(10-15)26-4)27-12-19(23)25/h5-10,24H,11-13H2,1-4H3,(H2,23,25). The average molecular weight is 391 g/mol. The zero-order valence-corrected chi connectivity index (χ0v) is 17.0. The van der Waals surface area contributed by atoms with Crippen LogP contribution in [0.4, 0.5) is 0 Å². The van der Waals surface area contributed by atoms with Crippen LogP contribution in [0.25, 0.3) is 0 Å². The highest BCUT2D eigenvalue weighted by atomic mass is 35.5. The van der Waals surface area contributed by atoms with Gasteiger partial charge in [0, 0.05) is 18.5 Å². The molecule has 5 nitrogen and oxygen atoms in total. The highest BCUT2D eigenvalue weighted by molar-refractivity contribution is 6.32. The molecule has 0 aliphatic rings. The first-order valence-electron chi connectivity index (χ1n) is 8.78. The van der Waals surface area contributed by atoms with Crippen LogP contribution in [0.1, 0.15) is 30.5 Å². The number of nitrogens with one attached hydrogen (secondary N) is 1. The lowest BCUT2D eigenvalue weighted by atomic mass is 9.84. The van der Waals surface area contributed by atoms with Crippen LogP contribution < -0.4 is 20.5 Å². The summed E-state index contributed by atoms with van der Waals surface area (Å²) >= 11 is 6.29. The number of hydrogen-bond donors (Lipinski definition) is 2. The summed E-state index contributed by atoms with van der Waals surface area (Å²) in [6.45, 7) is 7.68. The minimum Gasteiger partial charge on any atom is -0.493 e. The second kappa shape index (κ2) is 9.11. The van der Waals surface area contributed by atoms with E-state index in [1.807, 2.05) is 6.07 Å². The highest BCUT2D eigenvalue weighted by Crippen LogP contribution is 2.36. The van der Waals surface area contributed by atoms with Crippen LogP contribution in [0.15, 0.2) is 36.4 Å². The van der Waals surface area contributed by atoms with E-state index in [9.17, 15) is 4.79 Å². The Bertz CT molecular complexity index is 789. The number of amides is 1. The third-order valence-corrected chi connectivity index (χ3v) is 4.66. The molecule has 0 heterocycles. The predicted octanol–water partition coefficient (Wildman–Crippen LogP) is 3.59. The summed E-state index contributed by atoms with van der Waals surface area (Å²) in [7, 11) is 1.53. The first-order valence-corrected chi connectivity index (χ1v) is 9.16. The van der Waals surface area contributed by atoms with Gasteiger partial charge in [0.1, 0.15) is 0 Å². The number of rotatable bonds is 9. The number of ether oxygens (including phenoxy) is 2. The first-order chi connectivity index (χ1) is 12.7. The molecule has 146 valence electrons. The van der Waals surface area contributed by atoms with Gasteiger partial charge in [-0.15, -0.1) is 0 Å². The van der Waals surface area contributed by atoms with Gasteiger partial charge in [-0.05, 0) is 30.2 Å². The maximum absolute atomic E-state index is 10.9. The Balaban J connectivity index is 2.03. The molecule has 0 spiro atoms. The number of benzene rings is 2.